The molecule has 2 N–H and O–H groups in total. The molecule has 18 heavy (non-hydrogen) atoms. The molecule has 2 nitrogen and oxygen atoms in total. The minimum absolute atomic E-state index is 0.412. The van der Waals surface area contributed by atoms with Crippen LogP contribution in [-0.2, 0) is 0 Å². The molecule has 1 rings (SSSR count). The van der Waals surface area contributed by atoms with Gasteiger partial charge in [0.1, 0.15) is 0 Å². The minimum atomic E-state index is 0.412. The van der Waals surface area contributed by atoms with Crippen LogP contribution < -0.4 is 10.6 Å². The zero-order valence-corrected chi connectivity index (χ0v) is 13.2. The summed E-state index contributed by atoms with van der Waals surface area (Å²) in [6.07, 6.45) is 4.11. The van der Waals surface area contributed by atoms with E-state index in [1.54, 1.807) is 0 Å². The van der Waals surface area contributed by atoms with Crippen LogP contribution in [0.4, 0.5) is 0 Å². The van der Waals surface area contributed by atoms with Gasteiger partial charge in [0.05, 0.1) is 0 Å². The van der Waals surface area contributed by atoms with Gasteiger partial charge in [0, 0.05) is 6.54 Å². The van der Waals surface area contributed by atoms with Crippen LogP contribution in [0.25, 0.3) is 0 Å². The first-order valence-corrected chi connectivity index (χ1v) is 7.85. The van der Waals surface area contributed by atoms with Gasteiger partial charge in [0.15, 0.2) is 0 Å². The van der Waals surface area contributed by atoms with Gasteiger partial charge in [-0.05, 0) is 62.1 Å². The lowest BCUT2D eigenvalue weighted by Gasteiger charge is -2.31. The maximum absolute atomic E-state index is 3.66. The van der Waals surface area contributed by atoms with E-state index in [9.17, 15) is 0 Å². The summed E-state index contributed by atoms with van der Waals surface area (Å²) in [4.78, 5) is 0. The molecular formula is C16H34N2. The Balaban J connectivity index is 2.13. The van der Waals surface area contributed by atoms with E-state index in [0.717, 1.165) is 24.3 Å². The molecule has 0 bridgehead atoms. The number of rotatable bonds is 7. The average molecular weight is 254 g/mol. The SMILES string of the molecule is CC(CCNCC(C)(C)C(C)C)C1CCCNC1. The first-order chi connectivity index (χ1) is 8.43. The summed E-state index contributed by atoms with van der Waals surface area (Å²) < 4.78 is 0. The van der Waals surface area contributed by atoms with E-state index in [0.29, 0.717) is 5.41 Å². The van der Waals surface area contributed by atoms with Crippen molar-refractivity contribution in [1.82, 2.24) is 10.6 Å². The molecule has 1 heterocycles. The van der Waals surface area contributed by atoms with E-state index in [1.807, 2.05) is 0 Å². The lowest BCUT2D eigenvalue weighted by atomic mass is 9.81. The summed E-state index contributed by atoms with van der Waals surface area (Å²) in [6.45, 7) is 16.6. The Morgan fingerprint density at radius 3 is 2.56 bits per heavy atom. The highest BCUT2D eigenvalue weighted by atomic mass is 14.9. The van der Waals surface area contributed by atoms with Gasteiger partial charge < -0.3 is 10.6 Å². The van der Waals surface area contributed by atoms with Crippen LogP contribution in [0.5, 0.6) is 0 Å². The highest BCUT2D eigenvalue weighted by Crippen LogP contribution is 2.25. The van der Waals surface area contributed by atoms with Crippen molar-refractivity contribution in [3.05, 3.63) is 0 Å². The largest absolute Gasteiger partial charge is 0.316 e. The van der Waals surface area contributed by atoms with Crippen molar-refractivity contribution in [2.24, 2.45) is 23.2 Å². The molecule has 0 spiro atoms. The molecule has 1 saturated heterocycles. The van der Waals surface area contributed by atoms with Crippen molar-refractivity contribution in [1.29, 1.82) is 0 Å². The number of nitrogens with one attached hydrogen (secondary N) is 2. The smallest absolute Gasteiger partial charge is 0.000497 e. The molecular weight excluding hydrogens is 220 g/mol. The molecule has 0 radical (unpaired) electrons. The summed E-state index contributed by atoms with van der Waals surface area (Å²) in [5, 5.41) is 7.18. The molecule has 0 aromatic heterocycles. The van der Waals surface area contributed by atoms with Crippen molar-refractivity contribution >= 4 is 0 Å². The highest BCUT2D eigenvalue weighted by molar-refractivity contribution is 4.77. The van der Waals surface area contributed by atoms with E-state index in [1.165, 1.54) is 38.9 Å². The zero-order valence-electron chi connectivity index (χ0n) is 13.2. The van der Waals surface area contributed by atoms with E-state index in [-0.39, 0.29) is 0 Å². The van der Waals surface area contributed by atoms with Gasteiger partial charge in [0.2, 0.25) is 0 Å². The lowest BCUT2D eigenvalue weighted by Crippen LogP contribution is -2.36. The molecule has 0 saturated carbocycles. The van der Waals surface area contributed by atoms with Crippen LogP contribution in [0.1, 0.15) is 53.9 Å². The fourth-order valence-electron chi connectivity index (χ4n) is 2.54. The molecule has 0 aromatic carbocycles. The summed E-state index contributed by atoms with van der Waals surface area (Å²) >= 11 is 0. The topological polar surface area (TPSA) is 24.1 Å². The Labute approximate surface area is 114 Å². The van der Waals surface area contributed by atoms with Gasteiger partial charge in [-0.3, -0.25) is 0 Å². The monoisotopic (exact) mass is 254 g/mol. The second-order valence-electron chi connectivity index (χ2n) is 7.19. The molecule has 1 fully saturated rings. The quantitative estimate of drug-likeness (QED) is 0.681. The van der Waals surface area contributed by atoms with Crippen molar-refractivity contribution in [2.75, 3.05) is 26.2 Å². The van der Waals surface area contributed by atoms with Gasteiger partial charge in [0.25, 0.3) is 0 Å². The first-order valence-electron chi connectivity index (χ1n) is 7.85. The van der Waals surface area contributed by atoms with Gasteiger partial charge in [-0.15, -0.1) is 0 Å². The maximum Gasteiger partial charge on any atom is 0.000497 e. The van der Waals surface area contributed by atoms with Gasteiger partial charge in [-0.1, -0.05) is 34.6 Å². The van der Waals surface area contributed by atoms with Crippen LogP contribution in [-0.4, -0.2) is 26.2 Å². The summed E-state index contributed by atoms with van der Waals surface area (Å²) in [7, 11) is 0. The standard InChI is InChI=1S/C16H34N2/c1-13(2)16(4,5)12-18-10-8-14(3)15-7-6-9-17-11-15/h13-15,17-18H,6-12H2,1-5H3. The van der Waals surface area contributed by atoms with Crippen LogP contribution in [0.2, 0.25) is 0 Å². The molecule has 2 atom stereocenters. The van der Waals surface area contributed by atoms with Gasteiger partial charge in [-0.25, -0.2) is 0 Å². The summed E-state index contributed by atoms with van der Waals surface area (Å²) in [5.74, 6) is 2.50. The second-order valence-corrected chi connectivity index (χ2v) is 7.19. The lowest BCUT2D eigenvalue weighted by molar-refractivity contribution is 0.227. The maximum atomic E-state index is 3.66. The third kappa shape index (κ3) is 5.27. The normalized spacial score (nSPS) is 23.3. The Hall–Kier alpha value is -0.0800. The molecule has 1 aliphatic heterocycles. The second kappa shape index (κ2) is 7.49. The van der Waals surface area contributed by atoms with Crippen LogP contribution in [0.3, 0.4) is 0 Å². The predicted molar refractivity (Wildman–Crippen MR) is 80.9 cm³/mol. The Morgan fingerprint density at radius 2 is 2.00 bits per heavy atom. The van der Waals surface area contributed by atoms with E-state index < -0.39 is 0 Å². The minimum Gasteiger partial charge on any atom is -0.316 e. The Bertz CT molecular complexity index is 217. The number of piperidine rings is 1. The Kier molecular flexibility index (Phi) is 6.65. The van der Waals surface area contributed by atoms with Crippen molar-refractivity contribution in [3.8, 4) is 0 Å². The van der Waals surface area contributed by atoms with Gasteiger partial charge in [-0.2, -0.15) is 0 Å². The summed E-state index contributed by atoms with van der Waals surface area (Å²) in [6, 6.07) is 0. The van der Waals surface area contributed by atoms with Crippen LogP contribution in [0, 0.1) is 23.2 Å². The highest BCUT2D eigenvalue weighted by Gasteiger charge is 2.22. The average Bonchev–Trinajstić information content (AvgIpc) is 2.35. The van der Waals surface area contributed by atoms with E-state index >= 15 is 0 Å². The number of hydrogen-bond acceptors (Lipinski definition) is 2. The molecule has 0 aromatic rings. The fraction of sp³-hybridized carbons (Fsp3) is 1.00. The van der Waals surface area contributed by atoms with Crippen LogP contribution >= 0.6 is 0 Å². The Morgan fingerprint density at radius 1 is 1.28 bits per heavy atom. The summed E-state index contributed by atoms with van der Waals surface area (Å²) in [5.41, 5.74) is 0.412. The predicted octanol–water partition coefficient (Wildman–Crippen LogP) is 3.28. The van der Waals surface area contributed by atoms with Crippen LogP contribution in [0.15, 0.2) is 0 Å². The van der Waals surface area contributed by atoms with E-state index in [4.69, 9.17) is 0 Å². The van der Waals surface area contributed by atoms with Crippen molar-refractivity contribution in [2.45, 2.75) is 53.9 Å². The number of hydrogen-bond donors (Lipinski definition) is 2. The third-order valence-corrected chi connectivity index (χ3v) is 5.06. The third-order valence-electron chi connectivity index (χ3n) is 5.06. The zero-order chi connectivity index (χ0) is 13.6. The van der Waals surface area contributed by atoms with Gasteiger partial charge >= 0.3 is 0 Å². The first kappa shape index (κ1) is 16.0. The van der Waals surface area contributed by atoms with E-state index in [2.05, 4.69) is 45.3 Å². The van der Waals surface area contributed by atoms with Crippen molar-refractivity contribution < 1.29 is 0 Å². The molecule has 0 aliphatic carbocycles. The molecule has 1 aliphatic rings. The fourth-order valence-corrected chi connectivity index (χ4v) is 2.54. The molecule has 0 amide bonds. The molecule has 2 heteroatoms. The molecule has 108 valence electrons. The van der Waals surface area contributed by atoms with Crippen molar-refractivity contribution in [3.63, 3.8) is 0 Å². The molecule has 2 unspecified atom stereocenters.